The van der Waals surface area contributed by atoms with Gasteiger partial charge < -0.3 is 24.8 Å². The molecule has 41 heavy (non-hydrogen) atoms. The second-order valence-electron chi connectivity index (χ2n) is 12.0. The molecular weight excluding hydrogens is 512 g/mol. The Balaban J connectivity index is 0. The maximum Gasteiger partial charge on any atom is 0.290 e. The third-order valence-corrected chi connectivity index (χ3v) is 7.68. The lowest BCUT2D eigenvalue weighted by Crippen LogP contribution is -2.50. The summed E-state index contributed by atoms with van der Waals surface area (Å²) in [5.41, 5.74) is -0.266. The minimum Gasteiger partial charge on any atom is -0.548 e. The van der Waals surface area contributed by atoms with Crippen molar-refractivity contribution in [3.8, 4) is 0 Å². The first-order valence-electron chi connectivity index (χ1n) is 16.7. The number of carboxylic acids is 1. The molecule has 240 valence electrons. The van der Waals surface area contributed by atoms with E-state index in [1.165, 1.54) is 133 Å². The zero-order chi connectivity index (χ0) is 31.2. The predicted molar refractivity (Wildman–Crippen MR) is 174 cm³/mol. The van der Waals surface area contributed by atoms with Crippen LogP contribution in [0.4, 0.5) is 5.69 Å². The average Bonchev–Trinajstić information content (AvgIpc) is 2.95. The molecule has 0 saturated heterocycles. The number of quaternary nitrogens is 1. The summed E-state index contributed by atoms with van der Waals surface area (Å²) >= 11 is 0. The van der Waals surface area contributed by atoms with Crippen molar-refractivity contribution in [3.63, 3.8) is 0 Å². The van der Waals surface area contributed by atoms with Gasteiger partial charge in [-0.3, -0.25) is 4.79 Å². The summed E-state index contributed by atoms with van der Waals surface area (Å²) in [6.07, 6.45) is 22.8. The van der Waals surface area contributed by atoms with E-state index in [-0.39, 0.29) is 6.47 Å². The highest BCUT2D eigenvalue weighted by Gasteiger charge is 2.25. The molecule has 6 nitrogen and oxygen atoms in total. The Bertz CT molecular complexity index is 656. The topological polar surface area (TPSA) is 89.5 Å². The fraction of sp³-hybridized carbons (Fsp3) is 0.771. The summed E-state index contributed by atoms with van der Waals surface area (Å²) in [5, 5.41) is 20.4. The van der Waals surface area contributed by atoms with Gasteiger partial charge in [0, 0.05) is 5.69 Å². The molecule has 6 heteroatoms. The number of hydrogen-bond donors (Lipinski definition) is 2. The van der Waals surface area contributed by atoms with Crippen LogP contribution in [0.5, 0.6) is 0 Å². The summed E-state index contributed by atoms with van der Waals surface area (Å²) in [5.74, 6) is -1.11. The van der Waals surface area contributed by atoms with Crippen LogP contribution in [0.1, 0.15) is 144 Å². The van der Waals surface area contributed by atoms with Crippen LogP contribution in [0.15, 0.2) is 30.3 Å². The smallest absolute Gasteiger partial charge is 0.290 e. The third kappa shape index (κ3) is 24.2. The molecule has 0 heterocycles. The van der Waals surface area contributed by atoms with Crippen LogP contribution in [0.2, 0.25) is 0 Å². The zero-order valence-corrected chi connectivity index (χ0v) is 27.7. The van der Waals surface area contributed by atoms with E-state index in [4.69, 9.17) is 9.90 Å². The number of hydrogen-bond acceptors (Lipinski definition) is 4. The number of carbonyl (C=O) groups is 2. The number of carboxylic acid groups (broad SMARTS) is 2. The van der Waals surface area contributed by atoms with E-state index in [1.54, 1.807) is 13.8 Å². The van der Waals surface area contributed by atoms with Gasteiger partial charge in [-0.2, -0.15) is 0 Å². The molecule has 0 aliphatic heterocycles. The first-order valence-corrected chi connectivity index (χ1v) is 16.7. The van der Waals surface area contributed by atoms with E-state index in [2.05, 4.69) is 33.0 Å². The van der Waals surface area contributed by atoms with Gasteiger partial charge in [0.05, 0.1) is 37.7 Å². The summed E-state index contributed by atoms with van der Waals surface area (Å²) in [7, 11) is 0. The van der Waals surface area contributed by atoms with Gasteiger partial charge in [-0.15, -0.1) is 0 Å². The third-order valence-electron chi connectivity index (χ3n) is 7.68. The molecular formula is C35H66N2O4. The number of unbranched alkanes of at least 4 members (excludes halogenated alkanes) is 12. The van der Waals surface area contributed by atoms with Crippen molar-refractivity contribution in [2.24, 2.45) is 0 Å². The summed E-state index contributed by atoms with van der Waals surface area (Å²) in [6.45, 7) is 18.1. The monoisotopic (exact) mass is 579 g/mol. The number of rotatable bonds is 23. The fourth-order valence-corrected chi connectivity index (χ4v) is 5.10. The minimum absolute atomic E-state index is 0.250. The lowest BCUT2D eigenvalue weighted by molar-refractivity contribution is -0.929. The van der Waals surface area contributed by atoms with Gasteiger partial charge >= 0.3 is 0 Å². The van der Waals surface area contributed by atoms with Gasteiger partial charge in [-0.25, -0.2) is 0 Å². The molecule has 0 bridgehead atoms. The largest absolute Gasteiger partial charge is 0.548 e. The number of carbonyl (C=O) groups excluding carboxylic acids is 1. The van der Waals surface area contributed by atoms with E-state index in [9.17, 15) is 9.90 Å². The van der Waals surface area contributed by atoms with Crippen LogP contribution in [-0.4, -0.2) is 53.7 Å². The van der Waals surface area contributed by atoms with Gasteiger partial charge in [-0.1, -0.05) is 97.3 Å². The van der Waals surface area contributed by atoms with Gasteiger partial charge in [0.25, 0.3) is 6.47 Å². The Morgan fingerprint density at radius 3 is 1.29 bits per heavy atom. The lowest BCUT2D eigenvalue weighted by atomic mass is 10.1. The van der Waals surface area contributed by atoms with Crippen LogP contribution in [0.25, 0.3) is 0 Å². The molecule has 0 aromatic heterocycles. The average molecular weight is 579 g/mol. The van der Waals surface area contributed by atoms with Crippen molar-refractivity contribution in [3.05, 3.63) is 30.3 Å². The fourth-order valence-electron chi connectivity index (χ4n) is 5.10. The Labute approximate surface area is 253 Å². The molecule has 0 aliphatic carbocycles. The number of aliphatic carboxylic acids is 1. The Morgan fingerprint density at radius 2 is 1.02 bits per heavy atom. The van der Waals surface area contributed by atoms with E-state index < -0.39 is 11.5 Å². The molecule has 0 atom stereocenters. The van der Waals surface area contributed by atoms with Crippen LogP contribution in [0.3, 0.4) is 0 Å². The number of nitrogens with zero attached hydrogens (tertiary/aromatic N) is 1. The van der Waals surface area contributed by atoms with Crippen LogP contribution in [-0.2, 0) is 9.59 Å². The first kappa shape index (κ1) is 41.1. The zero-order valence-electron chi connectivity index (χ0n) is 27.7. The van der Waals surface area contributed by atoms with Crippen LogP contribution < -0.4 is 10.4 Å². The van der Waals surface area contributed by atoms with Crippen molar-refractivity contribution in [1.29, 1.82) is 0 Å². The van der Waals surface area contributed by atoms with Crippen molar-refractivity contribution in [1.82, 2.24) is 0 Å². The molecule has 0 spiro atoms. The minimum atomic E-state index is -1.11. The second-order valence-corrected chi connectivity index (χ2v) is 12.0. The normalized spacial score (nSPS) is 11.1. The lowest BCUT2D eigenvalue weighted by Gasteiger charge is -2.39. The van der Waals surface area contributed by atoms with Gasteiger partial charge in [0.15, 0.2) is 0 Å². The number of benzene rings is 1. The Kier molecular flexibility index (Phi) is 28.1. The maximum atomic E-state index is 10.7. The molecule has 0 radical (unpaired) electrons. The first-order chi connectivity index (χ1) is 19.7. The van der Waals surface area contributed by atoms with Gasteiger partial charge in [0.1, 0.15) is 0 Å². The number of anilines is 1. The molecule has 0 aliphatic rings. The Hall–Kier alpha value is -2.08. The highest BCUT2D eigenvalue weighted by atomic mass is 16.4. The molecule has 0 amide bonds. The number of para-hydroxylation sites is 1. The highest BCUT2D eigenvalue weighted by molar-refractivity contribution is 5.79. The summed E-state index contributed by atoms with van der Waals surface area (Å²) < 4.78 is 1.46. The molecule has 0 fully saturated rings. The Morgan fingerprint density at radius 1 is 0.707 bits per heavy atom. The predicted octanol–water partition coefficient (Wildman–Crippen LogP) is 8.45. The molecule has 2 N–H and O–H groups in total. The molecule has 1 rings (SSSR count). The van der Waals surface area contributed by atoms with Crippen molar-refractivity contribution in [2.75, 3.05) is 31.5 Å². The van der Waals surface area contributed by atoms with E-state index in [1.807, 2.05) is 30.3 Å². The second kappa shape index (κ2) is 28.1. The standard InChI is InChI=1S/C24H52N.C10H13NO2.CH2O2/c1-5-9-13-17-21-25(22-18-14-10-6-2,23-19-15-11-7-3)24-20-16-12-8-4;1-10(2,9(12)13)11-8-6-4-3-5-7-8;2-1-3/h5-24H2,1-4H3;3-7,11H,1-2H3,(H,12,13);1H,(H,2,3)/q+1;;/p-1. The van der Waals surface area contributed by atoms with E-state index in [0.717, 1.165) is 5.69 Å². The van der Waals surface area contributed by atoms with Gasteiger partial charge in [-0.05, 0) is 77.3 Å². The molecule has 0 unspecified atom stereocenters. The van der Waals surface area contributed by atoms with Crippen molar-refractivity contribution >= 4 is 18.1 Å². The van der Waals surface area contributed by atoms with Crippen molar-refractivity contribution < 1.29 is 24.3 Å². The van der Waals surface area contributed by atoms with Crippen LogP contribution >= 0.6 is 0 Å². The summed E-state index contributed by atoms with van der Waals surface area (Å²) in [4.78, 5) is 19.0. The summed E-state index contributed by atoms with van der Waals surface area (Å²) in [6, 6.07) is 9.17. The molecule has 1 aromatic rings. The quantitative estimate of drug-likeness (QED) is 0.0772. The SMILES string of the molecule is CC(C)(Nc1ccccc1)C(=O)[O-].CCCCCC[N+](CCCCCC)(CCCCCC)CCCCCC.O=CO. The molecule has 0 saturated carbocycles. The van der Waals surface area contributed by atoms with Crippen LogP contribution in [0, 0.1) is 0 Å². The van der Waals surface area contributed by atoms with E-state index in [0.29, 0.717) is 0 Å². The van der Waals surface area contributed by atoms with Gasteiger partial charge in [0.2, 0.25) is 0 Å². The molecule has 1 aromatic carbocycles. The van der Waals surface area contributed by atoms with E-state index >= 15 is 0 Å². The van der Waals surface area contributed by atoms with Crippen molar-refractivity contribution in [2.45, 2.75) is 150 Å². The maximum absolute atomic E-state index is 10.7. The number of nitrogens with one attached hydrogen (secondary N) is 1. The highest BCUT2D eigenvalue weighted by Crippen LogP contribution is 2.19.